The number of carbonyl (C=O) groups is 2. The molecule has 27 heavy (non-hydrogen) atoms. The number of nitrogens with one attached hydrogen (secondary N) is 2. The van der Waals surface area contributed by atoms with E-state index in [2.05, 4.69) is 10.6 Å². The van der Waals surface area contributed by atoms with Crippen LogP contribution in [0, 0.1) is 0 Å². The van der Waals surface area contributed by atoms with Gasteiger partial charge in [0, 0.05) is 25.7 Å². The van der Waals surface area contributed by atoms with Crippen molar-refractivity contribution in [2.75, 3.05) is 12.4 Å². The minimum absolute atomic E-state index is 0.154. The smallest absolute Gasteiger partial charge is 0.250 e. The van der Waals surface area contributed by atoms with Crippen LogP contribution in [0.3, 0.4) is 0 Å². The molecule has 1 aliphatic carbocycles. The molecule has 0 atom stereocenters. The van der Waals surface area contributed by atoms with Crippen LogP contribution in [0.1, 0.15) is 52.9 Å². The molecule has 0 aromatic heterocycles. The van der Waals surface area contributed by atoms with E-state index in [0.717, 1.165) is 19.3 Å². The molecular formula is C19H29N3O4S. The third kappa shape index (κ3) is 4.87. The van der Waals surface area contributed by atoms with Crippen LogP contribution in [0.5, 0.6) is 0 Å². The maximum atomic E-state index is 12.9. The van der Waals surface area contributed by atoms with E-state index in [0.29, 0.717) is 18.5 Å². The van der Waals surface area contributed by atoms with Gasteiger partial charge in [0.05, 0.1) is 4.90 Å². The van der Waals surface area contributed by atoms with Crippen molar-refractivity contribution in [2.45, 2.75) is 69.4 Å². The predicted octanol–water partition coefficient (Wildman–Crippen LogP) is 2.49. The van der Waals surface area contributed by atoms with E-state index in [4.69, 9.17) is 0 Å². The molecule has 1 saturated carbocycles. The van der Waals surface area contributed by atoms with Crippen molar-refractivity contribution in [1.82, 2.24) is 9.62 Å². The molecule has 0 heterocycles. The van der Waals surface area contributed by atoms with Crippen molar-refractivity contribution < 1.29 is 18.0 Å². The number of hydrogen-bond acceptors (Lipinski definition) is 4. The molecule has 8 heteroatoms. The van der Waals surface area contributed by atoms with Gasteiger partial charge in [-0.05, 0) is 51.0 Å². The second kappa shape index (κ2) is 8.39. The topological polar surface area (TPSA) is 95.6 Å². The Morgan fingerprint density at radius 1 is 1.07 bits per heavy atom. The predicted molar refractivity (Wildman–Crippen MR) is 105 cm³/mol. The summed E-state index contributed by atoms with van der Waals surface area (Å²) in [6.45, 7) is 5.02. The van der Waals surface area contributed by atoms with E-state index >= 15 is 0 Å². The van der Waals surface area contributed by atoms with Crippen molar-refractivity contribution >= 4 is 27.5 Å². The average Bonchev–Trinajstić information content (AvgIpc) is 2.61. The van der Waals surface area contributed by atoms with E-state index < -0.39 is 15.6 Å². The molecule has 0 spiro atoms. The number of nitrogens with zero attached hydrogens (tertiary/aromatic N) is 1. The van der Waals surface area contributed by atoms with Crippen LogP contribution >= 0.6 is 0 Å². The molecule has 0 radical (unpaired) electrons. The number of sulfonamides is 1. The Balaban J connectivity index is 2.17. The zero-order valence-electron chi connectivity index (χ0n) is 16.4. The maximum absolute atomic E-state index is 12.9. The van der Waals surface area contributed by atoms with E-state index in [1.807, 2.05) is 0 Å². The van der Waals surface area contributed by atoms with Crippen LogP contribution in [-0.4, -0.2) is 43.2 Å². The van der Waals surface area contributed by atoms with Crippen LogP contribution in [0.2, 0.25) is 0 Å². The third-order valence-electron chi connectivity index (χ3n) is 5.07. The van der Waals surface area contributed by atoms with Gasteiger partial charge in [-0.1, -0.05) is 19.3 Å². The van der Waals surface area contributed by atoms with Gasteiger partial charge in [-0.2, -0.15) is 4.31 Å². The molecule has 0 bridgehead atoms. The van der Waals surface area contributed by atoms with Gasteiger partial charge >= 0.3 is 0 Å². The highest BCUT2D eigenvalue weighted by Gasteiger charge is 2.40. The van der Waals surface area contributed by atoms with Crippen molar-refractivity contribution in [2.24, 2.45) is 0 Å². The molecule has 1 aliphatic rings. The lowest BCUT2D eigenvalue weighted by Crippen LogP contribution is -2.57. The summed E-state index contributed by atoms with van der Waals surface area (Å²) in [5.74, 6) is -0.488. The first-order valence-electron chi connectivity index (χ1n) is 9.27. The summed E-state index contributed by atoms with van der Waals surface area (Å²) in [6, 6.07) is 5.95. The highest BCUT2D eigenvalue weighted by atomic mass is 32.2. The van der Waals surface area contributed by atoms with Gasteiger partial charge in [0.1, 0.15) is 5.54 Å². The van der Waals surface area contributed by atoms with Gasteiger partial charge in [-0.3, -0.25) is 9.59 Å². The standard InChI is InChI=1S/C19H29N3O4S/c1-14(2)22(4)27(25,26)17-10-8-16(9-11-17)20-18(24)19(21-15(3)23)12-6-5-7-13-19/h8-11,14H,5-7,12-13H2,1-4H3,(H,20,24)(H,21,23). The molecule has 1 fully saturated rings. The summed E-state index contributed by atoms with van der Waals surface area (Å²) in [5, 5.41) is 5.65. The lowest BCUT2D eigenvalue weighted by atomic mass is 9.80. The third-order valence-corrected chi connectivity index (χ3v) is 7.12. The number of rotatable bonds is 6. The van der Waals surface area contributed by atoms with E-state index in [1.165, 1.54) is 30.4 Å². The molecular weight excluding hydrogens is 366 g/mol. The lowest BCUT2D eigenvalue weighted by Gasteiger charge is -2.36. The van der Waals surface area contributed by atoms with Crippen molar-refractivity contribution in [3.05, 3.63) is 24.3 Å². The first-order valence-corrected chi connectivity index (χ1v) is 10.7. The Labute approximate surface area is 161 Å². The summed E-state index contributed by atoms with van der Waals surface area (Å²) in [6.07, 6.45) is 4.01. The fraction of sp³-hybridized carbons (Fsp3) is 0.579. The van der Waals surface area contributed by atoms with Gasteiger partial charge < -0.3 is 10.6 Å². The Kier molecular flexibility index (Phi) is 6.64. The van der Waals surface area contributed by atoms with Crippen LogP contribution in [0.25, 0.3) is 0 Å². The zero-order valence-corrected chi connectivity index (χ0v) is 17.2. The Bertz CT molecular complexity index is 782. The number of amides is 2. The monoisotopic (exact) mass is 395 g/mol. The molecule has 2 N–H and O–H groups in total. The van der Waals surface area contributed by atoms with Gasteiger partial charge in [-0.15, -0.1) is 0 Å². The molecule has 2 amide bonds. The minimum atomic E-state index is -3.57. The summed E-state index contributed by atoms with van der Waals surface area (Å²) >= 11 is 0. The number of hydrogen-bond donors (Lipinski definition) is 2. The molecule has 7 nitrogen and oxygen atoms in total. The fourth-order valence-electron chi connectivity index (χ4n) is 3.31. The van der Waals surface area contributed by atoms with Gasteiger partial charge in [0.25, 0.3) is 0 Å². The number of anilines is 1. The quantitative estimate of drug-likeness (QED) is 0.773. The fourth-order valence-corrected chi connectivity index (χ4v) is 4.67. The van der Waals surface area contributed by atoms with Crippen molar-refractivity contribution in [1.29, 1.82) is 0 Å². The van der Waals surface area contributed by atoms with Crippen LogP contribution in [-0.2, 0) is 19.6 Å². The van der Waals surface area contributed by atoms with Crippen molar-refractivity contribution in [3.63, 3.8) is 0 Å². The second-order valence-electron chi connectivity index (χ2n) is 7.42. The van der Waals surface area contributed by atoms with Crippen LogP contribution in [0.4, 0.5) is 5.69 Å². The largest absolute Gasteiger partial charge is 0.342 e. The molecule has 0 saturated heterocycles. The summed E-state index contributed by atoms with van der Waals surface area (Å²) < 4.78 is 26.3. The first kappa shape index (κ1) is 21.4. The summed E-state index contributed by atoms with van der Waals surface area (Å²) in [7, 11) is -2.03. The van der Waals surface area contributed by atoms with Gasteiger partial charge in [0.2, 0.25) is 21.8 Å². The lowest BCUT2D eigenvalue weighted by molar-refractivity contribution is -0.130. The zero-order chi connectivity index (χ0) is 20.2. The Morgan fingerprint density at radius 2 is 1.63 bits per heavy atom. The van der Waals surface area contributed by atoms with Gasteiger partial charge in [-0.25, -0.2) is 8.42 Å². The number of carbonyl (C=O) groups excluding carboxylic acids is 2. The number of benzene rings is 1. The molecule has 0 aliphatic heterocycles. The van der Waals surface area contributed by atoms with E-state index in [9.17, 15) is 18.0 Å². The van der Waals surface area contributed by atoms with Crippen LogP contribution in [0.15, 0.2) is 29.2 Å². The molecule has 1 aromatic rings. The normalized spacial score (nSPS) is 17.0. The first-order chi connectivity index (χ1) is 12.6. The SMILES string of the molecule is CC(=O)NC1(C(=O)Nc2ccc(S(=O)(=O)N(C)C(C)C)cc2)CCCCC1. The highest BCUT2D eigenvalue weighted by Crippen LogP contribution is 2.30. The molecule has 0 unspecified atom stereocenters. The highest BCUT2D eigenvalue weighted by molar-refractivity contribution is 7.89. The average molecular weight is 396 g/mol. The minimum Gasteiger partial charge on any atom is -0.342 e. The second-order valence-corrected chi connectivity index (χ2v) is 9.41. The Hall–Kier alpha value is -1.93. The summed E-state index contributed by atoms with van der Waals surface area (Å²) in [4.78, 5) is 24.6. The van der Waals surface area contributed by atoms with Gasteiger partial charge in [0.15, 0.2) is 0 Å². The molecule has 150 valence electrons. The maximum Gasteiger partial charge on any atom is 0.250 e. The van der Waals surface area contributed by atoms with E-state index in [1.54, 1.807) is 26.0 Å². The van der Waals surface area contributed by atoms with Crippen molar-refractivity contribution in [3.8, 4) is 0 Å². The van der Waals surface area contributed by atoms with E-state index in [-0.39, 0.29) is 22.8 Å². The summed E-state index contributed by atoms with van der Waals surface area (Å²) in [5.41, 5.74) is -0.395. The Morgan fingerprint density at radius 3 is 2.11 bits per heavy atom. The van der Waals surface area contributed by atoms with Crippen LogP contribution < -0.4 is 10.6 Å². The molecule has 1 aromatic carbocycles. The molecule has 2 rings (SSSR count).